The maximum atomic E-state index is 13.6. The molecule has 7 rings (SSSR count). The quantitative estimate of drug-likeness (QED) is 0.254. The molecule has 0 spiro atoms. The van der Waals surface area contributed by atoms with Crippen LogP contribution in [0.25, 0.3) is 21.9 Å². The summed E-state index contributed by atoms with van der Waals surface area (Å²) in [4.78, 5) is 63.0. The number of piperazine rings is 1. The number of aryl methyl sites for hydroxylation is 1. The Morgan fingerprint density at radius 1 is 0.852 bits per heavy atom. The van der Waals surface area contributed by atoms with Crippen molar-refractivity contribution in [2.45, 2.75) is 25.8 Å². The van der Waals surface area contributed by atoms with Crippen molar-refractivity contribution in [2.24, 2.45) is 13.0 Å². The third-order valence-electron chi connectivity index (χ3n) is 10.9. The van der Waals surface area contributed by atoms with Crippen molar-refractivity contribution in [1.82, 2.24) is 29.6 Å². The summed E-state index contributed by atoms with van der Waals surface area (Å²) in [5, 5.41) is 3.73. The second-order valence-corrected chi connectivity index (χ2v) is 14.2. The van der Waals surface area contributed by atoms with Crippen LogP contribution in [0.5, 0.6) is 17.2 Å². The number of methoxy groups -OCH3 is 3. The number of carbonyl (C=O) groups is 3. The van der Waals surface area contributed by atoms with Crippen LogP contribution in [-0.2, 0) is 18.4 Å². The summed E-state index contributed by atoms with van der Waals surface area (Å²) in [5.41, 5.74) is 3.66. The SMILES string of the molecule is COc1ccc(C(=O)N2CCC(CN3CCN(Cc4c(OC)cc(-c5cn(C)c(=O)c6cnccc56)cc4OC)CC3)CC2)cc1N1CCC(=O)NC1=O.[HH]. The Morgan fingerprint density at radius 2 is 1.54 bits per heavy atom. The first kappa shape index (κ1) is 36.9. The molecule has 3 fully saturated rings. The van der Waals surface area contributed by atoms with Crippen LogP contribution in [0.3, 0.4) is 0 Å². The summed E-state index contributed by atoms with van der Waals surface area (Å²) in [5.74, 6) is 2.06. The Bertz CT molecular complexity index is 2100. The van der Waals surface area contributed by atoms with Crippen LogP contribution >= 0.6 is 0 Å². The lowest BCUT2D eigenvalue weighted by molar-refractivity contribution is -0.120. The molecular formula is C40H49N7O7. The van der Waals surface area contributed by atoms with Gasteiger partial charge in [-0.25, -0.2) is 4.79 Å². The maximum absolute atomic E-state index is 13.6. The van der Waals surface area contributed by atoms with Gasteiger partial charge in [0.25, 0.3) is 11.5 Å². The normalized spacial score (nSPS) is 17.5. The molecule has 0 aliphatic carbocycles. The zero-order valence-corrected chi connectivity index (χ0v) is 31.3. The lowest BCUT2D eigenvalue weighted by atomic mass is 9.95. The van der Waals surface area contributed by atoms with Gasteiger partial charge < -0.3 is 28.6 Å². The molecule has 54 heavy (non-hydrogen) atoms. The summed E-state index contributed by atoms with van der Waals surface area (Å²) in [6.07, 6.45) is 7.19. The summed E-state index contributed by atoms with van der Waals surface area (Å²) in [6, 6.07) is 10.5. The third kappa shape index (κ3) is 7.48. The smallest absolute Gasteiger partial charge is 0.328 e. The monoisotopic (exact) mass is 739 g/mol. The van der Waals surface area contributed by atoms with Crippen LogP contribution in [0.15, 0.2) is 59.8 Å². The third-order valence-corrected chi connectivity index (χ3v) is 10.9. The highest BCUT2D eigenvalue weighted by atomic mass is 16.5. The number of urea groups is 1. The Labute approximate surface area is 315 Å². The standard InChI is InChI=1S/C40H47N7O7.H2/c1-43-24-31(29-7-11-41-22-30(29)39(43)50)28-20-35(53-3)32(36(21-28)54-4)25-45-17-15-44(16-18-45)23-26-8-12-46(13-9-26)38(49)27-5-6-34(52-2)33(19-27)47-14-10-37(48)42-40(47)51;/h5-7,11,19-22,24,26H,8-10,12-18,23,25H2,1-4H3,(H,42,48,51);1H. The molecule has 3 saturated heterocycles. The van der Waals surface area contributed by atoms with Gasteiger partial charge in [-0.1, -0.05) is 0 Å². The number of nitrogens with one attached hydrogen (secondary N) is 1. The van der Waals surface area contributed by atoms with Crippen LogP contribution < -0.4 is 30.0 Å². The zero-order valence-electron chi connectivity index (χ0n) is 31.3. The minimum atomic E-state index is -0.518. The molecule has 0 atom stereocenters. The summed E-state index contributed by atoms with van der Waals surface area (Å²) in [6.45, 7) is 6.97. The van der Waals surface area contributed by atoms with E-state index in [2.05, 4.69) is 20.1 Å². The summed E-state index contributed by atoms with van der Waals surface area (Å²) < 4.78 is 18.9. The van der Waals surface area contributed by atoms with E-state index in [1.165, 1.54) is 12.0 Å². The van der Waals surface area contributed by atoms with Gasteiger partial charge in [0.1, 0.15) is 17.2 Å². The number of benzene rings is 2. The van der Waals surface area contributed by atoms with E-state index in [0.717, 1.165) is 79.1 Å². The zero-order chi connectivity index (χ0) is 37.9. The van der Waals surface area contributed by atoms with E-state index in [0.29, 0.717) is 47.9 Å². The van der Waals surface area contributed by atoms with E-state index in [-0.39, 0.29) is 31.8 Å². The highest BCUT2D eigenvalue weighted by Crippen LogP contribution is 2.38. The van der Waals surface area contributed by atoms with Gasteiger partial charge in [0, 0.05) is 104 Å². The Morgan fingerprint density at radius 3 is 2.20 bits per heavy atom. The first-order valence-corrected chi connectivity index (χ1v) is 18.4. The molecule has 4 amide bonds. The molecule has 2 aromatic heterocycles. The van der Waals surface area contributed by atoms with Crippen molar-refractivity contribution in [3.63, 3.8) is 0 Å². The minimum Gasteiger partial charge on any atom is -0.496 e. The van der Waals surface area contributed by atoms with Crippen molar-refractivity contribution >= 4 is 34.3 Å². The fourth-order valence-corrected chi connectivity index (χ4v) is 7.88. The van der Waals surface area contributed by atoms with Crippen LogP contribution in [0.4, 0.5) is 10.5 Å². The second-order valence-electron chi connectivity index (χ2n) is 14.2. The topological polar surface area (TPSA) is 139 Å². The number of anilines is 1. The van der Waals surface area contributed by atoms with Gasteiger partial charge in [0.15, 0.2) is 0 Å². The van der Waals surface area contributed by atoms with E-state index in [1.54, 1.807) is 56.4 Å². The van der Waals surface area contributed by atoms with E-state index in [9.17, 15) is 19.2 Å². The largest absolute Gasteiger partial charge is 0.496 e. The van der Waals surface area contributed by atoms with Crippen molar-refractivity contribution in [2.75, 3.05) is 78.6 Å². The highest BCUT2D eigenvalue weighted by Gasteiger charge is 2.30. The number of imide groups is 1. The number of fused-ring (bicyclic) bond motifs is 1. The van der Waals surface area contributed by atoms with Gasteiger partial charge in [-0.05, 0) is 66.1 Å². The van der Waals surface area contributed by atoms with Crippen LogP contribution in [0, 0.1) is 5.92 Å². The van der Waals surface area contributed by atoms with Gasteiger partial charge >= 0.3 is 6.03 Å². The molecule has 0 bridgehead atoms. The van der Waals surface area contributed by atoms with Gasteiger partial charge in [-0.15, -0.1) is 0 Å². The molecule has 1 N–H and O–H groups in total. The average Bonchev–Trinajstić information content (AvgIpc) is 3.20. The van der Waals surface area contributed by atoms with Crippen LogP contribution in [0.2, 0.25) is 0 Å². The molecule has 3 aliphatic rings. The number of rotatable bonds is 10. The number of likely N-dealkylation sites (tertiary alicyclic amines) is 1. The number of nitrogens with zero attached hydrogens (tertiary/aromatic N) is 6. The number of piperidine rings is 1. The number of ether oxygens (including phenoxy) is 3. The van der Waals surface area contributed by atoms with Crippen molar-refractivity contribution in [3.8, 4) is 28.4 Å². The molecule has 0 saturated carbocycles. The maximum Gasteiger partial charge on any atom is 0.328 e. The van der Waals surface area contributed by atoms with Crippen molar-refractivity contribution in [1.29, 1.82) is 0 Å². The van der Waals surface area contributed by atoms with Gasteiger partial charge in [-0.3, -0.25) is 34.5 Å². The molecule has 0 unspecified atom stereocenters. The molecule has 5 heterocycles. The van der Waals surface area contributed by atoms with Crippen molar-refractivity contribution in [3.05, 3.63) is 76.5 Å². The molecule has 2 aromatic carbocycles. The highest BCUT2D eigenvalue weighted by molar-refractivity contribution is 6.07. The number of amides is 4. The van der Waals surface area contributed by atoms with Gasteiger partial charge in [-0.2, -0.15) is 0 Å². The molecule has 4 aromatic rings. The molecule has 14 heteroatoms. The molecule has 3 aliphatic heterocycles. The van der Waals surface area contributed by atoms with E-state index in [4.69, 9.17) is 14.2 Å². The van der Waals surface area contributed by atoms with Crippen LogP contribution in [0.1, 0.15) is 36.6 Å². The molecule has 286 valence electrons. The fourth-order valence-electron chi connectivity index (χ4n) is 7.88. The first-order chi connectivity index (χ1) is 26.2. The average molecular weight is 740 g/mol. The number of carbonyl (C=O) groups excluding carboxylic acids is 3. The second kappa shape index (κ2) is 15.9. The minimum absolute atomic E-state index is 0. The molecule has 0 radical (unpaired) electrons. The number of hydrogen-bond acceptors (Lipinski definition) is 10. The number of aromatic nitrogens is 2. The number of pyridine rings is 2. The van der Waals surface area contributed by atoms with E-state index >= 15 is 0 Å². The molecule has 14 nitrogen and oxygen atoms in total. The Hall–Kier alpha value is -5.47. The van der Waals surface area contributed by atoms with Gasteiger partial charge in [0.2, 0.25) is 5.91 Å². The predicted molar refractivity (Wildman–Crippen MR) is 206 cm³/mol. The lowest BCUT2D eigenvalue weighted by Crippen LogP contribution is -2.49. The van der Waals surface area contributed by atoms with Crippen LogP contribution in [-0.4, -0.2) is 116 Å². The Balaban J connectivity index is 0.00000514. The number of hydrogen-bond donors (Lipinski definition) is 1. The fraction of sp³-hybridized carbons (Fsp3) is 0.425. The van der Waals surface area contributed by atoms with Gasteiger partial charge in [0.05, 0.1) is 38.0 Å². The summed E-state index contributed by atoms with van der Waals surface area (Å²) in [7, 11) is 6.62. The van der Waals surface area contributed by atoms with Crippen molar-refractivity contribution < 1.29 is 30.0 Å². The Kier molecular flexibility index (Phi) is 10.8. The molecular weight excluding hydrogens is 690 g/mol. The predicted octanol–water partition coefficient (Wildman–Crippen LogP) is 3.99. The first-order valence-electron chi connectivity index (χ1n) is 18.4. The lowest BCUT2D eigenvalue weighted by Gasteiger charge is -2.39. The van der Waals surface area contributed by atoms with E-state index < -0.39 is 6.03 Å². The van der Waals surface area contributed by atoms with E-state index in [1.807, 2.05) is 29.3 Å². The summed E-state index contributed by atoms with van der Waals surface area (Å²) >= 11 is 0.